The van der Waals surface area contributed by atoms with Crippen LogP contribution in [0.25, 0.3) is 0 Å². The number of carbonyl (C=O) groups is 2. The Morgan fingerprint density at radius 1 is 1.24 bits per heavy atom. The molecule has 0 saturated heterocycles. The van der Waals surface area contributed by atoms with E-state index in [1.54, 1.807) is 6.33 Å². The average Bonchev–Trinajstić information content (AvgIpc) is 3.04. The second-order valence-corrected chi connectivity index (χ2v) is 6.92. The maximum atomic E-state index is 12.0. The summed E-state index contributed by atoms with van der Waals surface area (Å²) in [4.78, 5) is 23.9. The minimum absolute atomic E-state index is 0.0658. The highest BCUT2D eigenvalue weighted by Gasteiger charge is 2.12. The van der Waals surface area contributed by atoms with Gasteiger partial charge in [0.2, 0.25) is 11.8 Å². The molecule has 1 aromatic carbocycles. The number of thioether (sulfide) groups is 1. The fraction of sp³-hybridized carbons (Fsp3) is 0.412. The lowest BCUT2D eigenvalue weighted by Crippen LogP contribution is -2.34. The summed E-state index contributed by atoms with van der Waals surface area (Å²) in [6.07, 6.45) is 1.64. The van der Waals surface area contributed by atoms with Crippen LogP contribution < -0.4 is 10.6 Å². The molecule has 0 fully saturated rings. The molecule has 0 saturated carbocycles. The Morgan fingerprint density at radius 2 is 2.00 bits per heavy atom. The van der Waals surface area contributed by atoms with Crippen molar-refractivity contribution in [2.24, 2.45) is 0 Å². The molecule has 2 N–H and O–H groups in total. The number of aromatic nitrogens is 3. The Hall–Kier alpha value is -2.35. The number of rotatable bonds is 7. The van der Waals surface area contributed by atoms with E-state index in [9.17, 15) is 9.59 Å². The number of hydrogen-bond acceptors (Lipinski definition) is 5. The molecule has 2 rings (SSSR count). The van der Waals surface area contributed by atoms with Gasteiger partial charge in [0.15, 0.2) is 5.16 Å². The largest absolute Gasteiger partial charge is 0.346 e. The van der Waals surface area contributed by atoms with E-state index in [2.05, 4.69) is 20.8 Å². The summed E-state index contributed by atoms with van der Waals surface area (Å²) in [5.41, 5.74) is 2.89. The van der Waals surface area contributed by atoms with E-state index in [0.717, 1.165) is 16.8 Å². The third-order valence-corrected chi connectivity index (χ3v) is 4.71. The van der Waals surface area contributed by atoms with Gasteiger partial charge in [-0.1, -0.05) is 23.9 Å². The van der Waals surface area contributed by atoms with Crippen molar-refractivity contribution in [2.45, 2.75) is 38.9 Å². The summed E-state index contributed by atoms with van der Waals surface area (Å²) in [6.45, 7) is 7.91. The summed E-state index contributed by atoms with van der Waals surface area (Å²) in [7, 11) is 0. The zero-order valence-corrected chi connectivity index (χ0v) is 15.7. The van der Waals surface area contributed by atoms with Crippen LogP contribution in [0.2, 0.25) is 0 Å². The molecule has 0 spiro atoms. The number of aryl methyl sites for hydroxylation is 1. The molecule has 0 bridgehead atoms. The number of nitrogens with one attached hydrogen (secondary N) is 2. The fourth-order valence-corrected chi connectivity index (χ4v) is 3.00. The van der Waals surface area contributed by atoms with Crippen molar-refractivity contribution in [3.63, 3.8) is 0 Å². The van der Waals surface area contributed by atoms with Crippen LogP contribution in [0, 0.1) is 13.8 Å². The van der Waals surface area contributed by atoms with Crippen LogP contribution in [0.3, 0.4) is 0 Å². The van der Waals surface area contributed by atoms with Crippen molar-refractivity contribution in [3.8, 4) is 0 Å². The normalized spacial score (nSPS) is 10.8. The fourth-order valence-electron chi connectivity index (χ4n) is 2.13. The number of hydrogen-bond donors (Lipinski definition) is 2. The SMILES string of the molecule is Cc1cccc(NC(=O)CNC(=O)CSc2nncn2C(C)C)c1C. The van der Waals surface area contributed by atoms with E-state index in [4.69, 9.17) is 0 Å². The van der Waals surface area contributed by atoms with Gasteiger partial charge in [-0.05, 0) is 44.9 Å². The lowest BCUT2D eigenvalue weighted by atomic mass is 10.1. The van der Waals surface area contributed by atoms with Gasteiger partial charge in [-0.15, -0.1) is 10.2 Å². The van der Waals surface area contributed by atoms with Crippen molar-refractivity contribution in [1.82, 2.24) is 20.1 Å². The molecule has 0 aliphatic carbocycles. The second-order valence-electron chi connectivity index (χ2n) is 5.98. The molecule has 25 heavy (non-hydrogen) atoms. The molecular weight excluding hydrogens is 338 g/mol. The topological polar surface area (TPSA) is 88.9 Å². The van der Waals surface area contributed by atoms with Crippen LogP contribution in [-0.4, -0.2) is 38.9 Å². The number of nitrogens with zero attached hydrogens (tertiary/aromatic N) is 3. The van der Waals surface area contributed by atoms with Crippen molar-refractivity contribution in [3.05, 3.63) is 35.7 Å². The Labute approximate surface area is 151 Å². The molecule has 0 unspecified atom stereocenters. The second kappa shape index (κ2) is 8.66. The van der Waals surface area contributed by atoms with Gasteiger partial charge < -0.3 is 15.2 Å². The lowest BCUT2D eigenvalue weighted by Gasteiger charge is -2.11. The van der Waals surface area contributed by atoms with E-state index >= 15 is 0 Å². The first-order valence-corrected chi connectivity index (χ1v) is 9.02. The monoisotopic (exact) mass is 361 g/mol. The first kappa shape index (κ1) is 19.0. The standard InChI is InChI=1S/C17H23N5O2S/c1-11(2)22-10-19-21-17(22)25-9-16(24)18-8-15(23)20-14-7-5-6-12(3)13(14)4/h5-7,10-11H,8-9H2,1-4H3,(H,18,24)(H,20,23). The van der Waals surface area contributed by atoms with Crippen molar-refractivity contribution >= 4 is 29.3 Å². The van der Waals surface area contributed by atoms with Crippen LogP contribution in [-0.2, 0) is 9.59 Å². The predicted molar refractivity (Wildman–Crippen MR) is 98.7 cm³/mol. The molecule has 0 radical (unpaired) electrons. The maximum Gasteiger partial charge on any atom is 0.243 e. The first-order chi connectivity index (χ1) is 11.9. The van der Waals surface area contributed by atoms with E-state index < -0.39 is 0 Å². The number of amides is 2. The molecule has 0 aliphatic rings. The minimum atomic E-state index is -0.252. The van der Waals surface area contributed by atoms with E-state index in [-0.39, 0.29) is 30.2 Å². The van der Waals surface area contributed by atoms with Crippen LogP contribution in [0.1, 0.15) is 31.0 Å². The summed E-state index contributed by atoms with van der Waals surface area (Å²) >= 11 is 1.30. The van der Waals surface area contributed by atoms with Gasteiger partial charge in [-0.2, -0.15) is 0 Å². The third-order valence-electron chi connectivity index (χ3n) is 3.75. The van der Waals surface area contributed by atoms with Crippen molar-refractivity contribution < 1.29 is 9.59 Å². The number of benzene rings is 1. The third kappa shape index (κ3) is 5.32. The molecule has 2 amide bonds. The summed E-state index contributed by atoms with van der Waals surface area (Å²) in [5, 5.41) is 14.0. The molecule has 2 aromatic rings. The van der Waals surface area contributed by atoms with Crippen molar-refractivity contribution in [1.29, 1.82) is 0 Å². The van der Waals surface area contributed by atoms with Gasteiger partial charge in [0.05, 0.1) is 12.3 Å². The van der Waals surface area contributed by atoms with Gasteiger partial charge in [0.1, 0.15) is 6.33 Å². The average molecular weight is 361 g/mol. The van der Waals surface area contributed by atoms with Gasteiger partial charge >= 0.3 is 0 Å². The maximum absolute atomic E-state index is 12.0. The zero-order chi connectivity index (χ0) is 18.4. The highest BCUT2D eigenvalue weighted by Crippen LogP contribution is 2.19. The highest BCUT2D eigenvalue weighted by molar-refractivity contribution is 7.99. The zero-order valence-electron chi connectivity index (χ0n) is 14.9. The lowest BCUT2D eigenvalue weighted by molar-refractivity contribution is -0.122. The van der Waals surface area contributed by atoms with Gasteiger partial charge in [-0.3, -0.25) is 9.59 Å². The molecule has 1 heterocycles. The Morgan fingerprint density at radius 3 is 2.72 bits per heavy atom. The molecule has 7 nitrogen and oxygen atoms in total. The van der Waals surface area contributed by atoms with Crippen LogP contribution in [0.5, 0.6) is 0 Å². The molecule has 1 aromatic heterocycles. The van der Waals surface area contributed by atoms with E-state index in [0.29, 0.717) is 5.16 Å². The van der Waals surface area contributed by atoms with Gasteiger partial charge in [0, 0.05) is 11.7 Å². The number of anilines is 1. The molecule has 134 valence electrons. The van der Waals surface area contributed by atoms with Crippen LogP contribution >= 0.6 is 11.8 Å². The Kier molecular flexibility index (Phi) is 6.58. The molecule has 0 atom stereocenters. The van der Waals surface area contributed by atoms with Crippen LogP contribution in [0.4, 0.5) is 5.69 Å². The summed E-state index contributed by atoms with van der Waals surface area (Å²) in [5.74, 6) is -0.292. The first-order valence-electron chi connectivity index (χ1n) is 8.03. The smallest absolute Gasteiger partial charge is 0.243 e. The minimum Gasteiger partial charge on any atom is -0.346 e. The van der Waals surface area contributed by atoms with Gasteiger partial charge in [-0.25, -0.2) is 0 Å². The number of carbonyl (C=O) groups excluding carboxylic acids is 2. The van der Waals surface area contributed by atoms with Crippen LogP contribution in [0.15, 0.2) is 29.7 Å². The predicted octanol–water partition coefficient (Wildman–Crippen LogP) is 2.32. The van der Waals surface area contributed by atoms with E-state index in [1.165, 1.54) is 11.8 Å². The Bertz CT molecular complexity index is 757. The highest BCUT2D eigenvalue weighted by atomic mass is 32.2. The van der Waals surface area contributed by atoms with E-state index in [1.807, 2.05) is 50.5 Å². The molecule has 0 aliphatic heterocycles. The van der Waals surface area contributed by atoms with Gasteiger partial charge in [0.25, 0.3) is 0 Å². The Balaban J connectivity index is 1.78. The molecule has 8 heteroatoms. The molecular formula is C17H23N5O2S. The van der Waals surface area contributed by atoms with Crippen molar-refractivity contribution in [2.75, 3.05) is 17.6 Å². The summed E-state index contributed by atoms with van der Waals surface area (Å²) < 4.78 is 1.89. The quantitative estimate of drug-likeness (QED) is 0.739. The summed E-state index contributed by atoms with van der Waals surface area (Å²) in [6, 6.07) is 5.94.